The first-order valence-electron chi connectivity index (χ1n) is 3.14. The van der Waals surface area contributed by atoms with E-state index in [-0.39, 0.29) is 17.4 Å². The van der Waals surface area contributed by atoms with E-state index in [1.165, 1.54) is 7.58 Å². The van der Waals surface area contributed by atoms with E-state index in [2.05, 4.69) is 4.98 Å². The van der Waals surface area contributed by atoms with Crippen molar-refractivity contribution >= 4 is 22.9 Å². The normalized spacial score (nSPS) is 10.9. The van der Waals surface area contributed by atoms with E-state index in [0.29, 0.717) is 0 Å². The van der Waals surface area contributed by atoms with Crippen LogP contribution in [0.5, 0.6) is 0 Å². The highest BCUT2D eigenvalue weighted by Crippen LogP contribution is 1.98. The number of aromatic amines is 1. The zero-order valence-electron chi connectivity index (χ0n) is 6.17. The zero-order chi connectivity index (χ0) is 8.59. The Kier molecular flexibility index (Phi) is 2.21. The topological polar surface area (TPSA) is 59.8 Å². The molecule has 1 aromatic rings. The van der Waals surface area contributed by atoms with Gasteiger partial charge in [-0.25, -0.2) is 14.3 Å². The average molecular weight is 269 g/mol. The Bertz CT molecular complexity index is 359. The first-order chi connectivity index (χ1) is 5.04. The molecule has 0 saturated carbocycles. The van der Waals surface area contributed by atoms with E-state index in [0.717, 1.165) is 0 Å². The number of nitrogens with zero attached hydrogens (tertiary/aromatic N) is 2. The lowest BCUT2D eigenvalue weighted by atomic mass is 10.4. The summed E-state index contributed by atoms with van der Waals surface area (Å²) in [5.41, 5.74) is -0.747. The third-order valence-corrected chi connectivity index (χ3v) is 2.17. The summed E-state index contributed by atoms with van der Waals surface area (Å²) in [5.74, 6) is 0. The highest BCUT2D eigenvalue weighted by atomic mass is 127. The molecule has 0 atom stereocenters. The van der Waals surface area contributed by atoms with E-state index in [4.69, 9.17) is 0 Å². The monoisotopic (exact) mass is 269 g/mol. The molecule has 0 unspecified atom stereocenters. The van der Waals surface area contributed by atoms with Gasteiger partial charge in [-0.3, -0.25) is 4.98 Å². The third-order valence-electron chi connectivity index (χ3n) is 1.27. The summed E-state index contributed by atoms with van der Waals surface area (Å²) in [7, 11) is 0. The molecule has 1 rings (SSSR count). The molecule has 62 valence electrons. The van der Waals surface area contributed by atoms with Crippen LogP contribution < -0.4 is 11.4 Å². The quantitative estimate of drug-likeness (QED) is 0.736. The summed E-state index contributed by atoms with van der Waals surface area (Å²) in [5, 5.41) is 0. The number of halogens is 1. The van der Waals surface area contributed by atoms with Crippen molar-refractivity contribution in [3.63, 3.8) is 0 Å². The summed E-state index contributed by atoms with van der Waals surface area (Å²) in [4.78, 5) is 24.0. The first kappa shape index (κ1) is 8.57. The predicted octanol–water partition coefficient (Wildman–Crippen LogP) is 0.117. The van der Waals surface area contributed by atoms with Crippen LogP contribution in [-0.2, 0) is 0 Å². The molecular formula is C5H8IN3O2. The fourth-order valence-electron chi connectivity index (χ4n) is 0.810. The molecule has 0 spiro atoms. The number of aromatic nitrogens is 3. The fraction of sp³-hybridized carbons (Fsp3) is 0.600. The molecule has 1 N–H and O–H groups in total. The Hall–Kier alpha value is -0.530. The van der Waals surface area contributed by atoms with Crippen molar-refractivity contribution in [3.05, 3.63) is 21.0 Å². The van der Waals surface area contributed by atoms with Crippen LogP contribution in [0, 0.1) is 0 Å². The lowest BCUT2D eigenvalue weighted by Gasteiger charge is -2.05. The molecule has 0 aliphatic carbocycles. The van der Waals surface area contributed by atoms with Crippen LogP contribution in [0.3, 0.4) is 0 Å². The molecule has 0 amide bonds. The van der Waals surface area contributed by atoms with Gasteiger partial charge in [0.05, 0.1) is 28.9 Å². The lowest BCUT2D eigenvalue weighted by molar-refractivity contribution is 0.503. The van der Waals surface area contributed by atoms with Crippen molar-refractivity contribution in [2.24, 2.45) is 0 Å². The molecule has 6 heteroatoms. The minimum atomic E-state index is -0.385. The summed E-state index contributed by atoms with van der Waals surface area (Å²) in [6.45, 7) is 3.67. The van der Waals surface area contributed by atoms with Gasteiger partial charge in [0.25, 0.3) is 0 Å². The Morgan fingerprint density at radius 2 is 1.91 bits per heavy atom. The SMILES string of the molecule is CC(C)n1c(=O)[nH]c(=O)n1I. The summed E-state index contributed by atoms with van der Waals surface area (Å²) in [6, 6.07) is -0.00153. The first-order valence-corrected chi connectivity index (χ1v) is 4.10. The van der Waals surface area contributed by atoms with Crippen LogP contribution in [0.15, 0.2) is 9.59 Å². The van der Waals surface area contributed by atoms with Crippen molar-refractivity contribution in [3.8, 4) is 0 Å². The second-order valence-electron chi connectivity index (χ2n) is 2.43. The lowest BCUT2D eigenvalue weighted by Crippen LogP contribution is -2.22. The van der Waals surface area contributed by atoms with E-state index in [1.54, 1.807) is 22.9 Å². The molecule has 1 heterocycles. The Balaban J connectivity index is 3.47. The maximum atomic E-state index is 11.0. The molecule has 0 saturated heterocycles. The van der Waals surface area contributed by atoms with Gasteiger partial charge in [-0.1, -0.05) is 0 Å². The number of H-pyrrole nitrogens is 1. The minimum Gasteiger partial charge on any atom is -0.256 e. The molecule has 0 fully saturated rings. The highest BCUT2D eigenvalue weighted by Gasteiger charge is 2.08. The van der Waals surface area contributed by atoms with Crippen molar-refractivity contribution < 1.29 is 0 Å². The van der Waals surface area contributed by atoms with Crippen LogP contribution in [0.1, 0.15) is 19.9 Å². The Morgan fingerprint density at radius 3 is 2.09 bits per heavy atom. The number of rotatable bonds is 1. The number of hydrogen-bond donors (Lipinski definition) is 1. The Labute approximate surface area is 76.5 Å². The molecule has 0 radical (unpaired) electrons. The summed E-state index contributed by atoms with van der Waals surface area (Å²) < 4.78 is 2.59. The van der Waals surface area contributed by atoms with Gasteiger partial charge in [0.15, 0.2) is 0 Å². The van der Waals surface area contributed by atoms with Crippen molar-refractivity contribution in [2.45, 2.75) is 19.9 Å². The van der Waals surface area contributed by atoms with E-state index in [1.807, 2.05) is 13.8 Å². The standard InChI is InChI=1S/C5H8IN3O2/c1-3(2)8-4(10)7-5(11)9(8)6/h3H,1-2H3,(H,7,10,11). The average Bonchev–Trinajstić information content (AvgIpc) is 2.07. The van der Waals surface area contributed by atoms with Crippen LogP contribution >= 0.6 is 22.9 Å². The minimum absolute atomic E-state index is 0.00153. The maximum Gasteiger partial charge on any atom is 0.353 e. The van der Waals surface area contributed by atoms with Gasteiger partial charge in [-0.05, 0) is 13.8 Å². The molecular weight excluding hydrogens is 261 g/mol. The smallest absolute Gasteiger partial charge is 0.256 e. The second kappa shape index (κ2) is 2.84. The van der Waals surface area contributed by atoms with Gasteiger partial charge >= 0.3 is 11.4 Å². The summed E-state index contributed by atoms with van der Waals surface area (Å²) >= 11 is 1.78. The van der Waals surface area contributed by atoms with Crippen LogP contribution in [-0.4, -0.2) is 12.6 Å². The zero-order valence-corrected chi connectivity index (χ0v) is 8.32. The van der Waals surface area contributed by atoms with Gasteiger partial charge in [0.1, 0.15) is 0 Å². The fourth-order valence-corrected chi connectivity index (χ4v) is 1.62. The molecule has 0 aromatic carbocycles. The van der Waals surface area contributed by atoms with Gasteiger partial charge in [0.2, 0.25) is 0 Å². The molecule has 0 aliphatic heterocycles. The molecule has 0 aliphatic rings. The number of hydrogen-bond acceptors (Lipinski definition) is 2. The third kappa shape index (κ3) is 1.39. The van der Waals surface area contributed by atoms with Crippen molar-refractivity contribution in [1.82, 2.24) is 12.6 Å². The van der Waals surface area contributed by atoms with Gasteiger partial charge in [-0.2, -0.15) is 2.90 Å². The maximum absolute atomic E-state index is 11.0. The largest absolute Gasteiger partial charge is 0.353 e. The Morgan fingerprint density at radius 1 is 1.36 bits per heavy atom. The van der Waals surface area contributed by atoms with Gasteiger partial charge in [0, 0.05) is 0 Å². The predicted molar refractivity (Wildman–Crippen MR) is 49.1 cm³/mol. The van der Waals surface area contributed by atoms with E-state index >= 15 is 0 Å². The van der Waals surface area contributed by atoms with Gasteiger partial charge < -0.3 is 0 Å². The highest BCUT2D eigenvalue weighted by molar-refractivity contribution is 14.1. The molecule has 0 bridgehead atoms. The van der Waals surface area contributed by atoms with Crippen LogP contribution in [0.25, 0.3) is 0 Å². The molecule has 1 aromatic heterocycles. The number of nitrogens with one attached hydrogen (secondary N) is 1. The van der Waals surface area contributed by atoms with Crippen LogP contribution in [0.2, 0.25) is 0 Å². The second-order valence-corrected chi connectivity index (χ2v) is 3.35. The van der Waals surface area contributed by atoms with Crippen molar-refractivity contribution in [1.29, 1.82) is 0 Å². The van der Waals surface area contributed by atoms with Gasteiger partial charge in [-0.15, -0.1) is 0 Å². The van der Waals surface area contributed by atoms with Crippen LogP contribution in [0.4, 0.5) is 0 Å². The van der Waals surface area contributed by atoms with Crippen molar-refractivity contribution in [2.75, 3.05) is 0 Å². The summed E-state index contributed by atoms with van der Waals surface area (Å²) in [6.07, 6.45) is 0. The van der Waals surface area contributed by atoms with E-state index < -0.39 is 0 Å². The molecule has 11 heavy (non-hydrogen) atoms. The molecule has 5 nitrogen and oxygen atoms in total. The van der Waals surface area contributed by atoms with E-state index in [9.17, 15) is 9.59 Å².